The van der Waals surface area contributed by atoms with Crippen LogP contribution >= 0.6 is 0 Å². The summed E-state index contributed by atoms with van der Waals surface area (Å²) in [7, 11) is -4.24. The molecule has 2 aromatic carbocycles. The van der Waals surface area contributed by atoms with Crippen molar-refractivity contribution in [2.75, 3.05) is 0 Å². The molecule has 0 spiro atoms. The number of hydrogen-bond donors (Lipinski definition) is 2. The summed E-state index contributed by atoms with van der Waals surface area (Å²) in [6, 6.07) is 13.7. The average Bonchev–Trinajstić information content (AvgIpc) is 2.91. The van der Waals surface area contributed by atoms with E-state index in [9.17, 15) is 23.1 Å². The van der Waals surface area contributed by atoms with Gasteiger partial charge in [-0.05, 0) is 63.3 Å². The summed E-state index contributed by atoms with van der Waals surface area (Å²) in [4.78, 5) is 26.2. The Morgan fingerprint density at radius 3 is 2.00 bits per heavy atom. The van der Waals surface area contributed by atoms with Gasteiger partial charge in [-0.15, -0.1) is 0 Å². The summed E-state index contributed by atoms with van der Waals surface area (Å²) in [6.07, 6.45) is 0.0858. The molecule has 1 aliphatic rings. The largest absolute Gasteiger partial charge is 0.479 e. The van der Waals surface area contributed by atoms with Crippen molar-refractivity contribution in [3.05, 3.63) is 76.5 Å². The second kappa shape index (κ2) is 8.33. The third-order valence-corrected chi connectivity index (χ3v) is 8.06. The summed E-state index contributed by atoms with van der Waals surface area (Å²) in [5.74, 6) is -1.96. The summed E-state index contributed by atoms with van der Waals surface area (Å²) in [6.45, 7) is 10.2. The minimum absolute atomic E-state index is 0.0858. The van der Waals surface area contributed by atoms with Crippen LogP contribution in [-0.2, 0) is 25.2 Å². The molecule has 0 aromatic heterocycles. The first-order valence-corrected chi connectivity index (χ1v) is 12.2. The molecule has 2 aromatic rings. The highest BCUT2D eigenvalue weighted by atomic mass is 32.2. The molecule has 1 aliphatic heterocycles. The van der Waals surface area contributed by atoms with Crippen molar-refractivity contribution in [1.29, 1.82) is 0 Å². The first-order valence-electron chi connectivity index (χ1n) is 10.8. The van der Waals surface area contributed by atoms with E-state index in [0.717, 1.165) is 15.4 Å². The number of nitrogens with one attached hydrogen (secondary N) is 1. The molecule has 1 heterocycles. The smallest absolute Gasteiger partial charge is 0.334 e. The number of hydrogen-bond acceptors (Lipinski definition) is 5. The fraction of sp³-hybridized carbons (Fsp3) is 0.360. The number of carboxylic acids is 1. The number of nitrogens with zero attached hydrogens (tertiary/aromatic N) is 1. The Bertz CT molecular complexity index is 1220. The normalized spacial score (nSPS) is 17.8. The van der Waals surface area contributed by atoms with Crippen molar-refractivity contribution in [2.24, 2.45) is 0 Å². The number of aryl methyl sites for hydroxylation is 2. The van der Waals surface area contributed by atoms with Gasteiger partial charge in [0.1, 0.15) is 10.6 Å². The number of sulfonamides is 1. The zero-order chi connectivity index (χ0) is 24.8. The Labute approximate surface area is 195 Å². The standard InChI is InChI=1S/C25H30N2O5S/c1-7-25(23(29)30,19-16(2)12-11-13-17(19)3)26-20-21(18-14-9-8-10-15-18)33(31,32)27(22(20)28)24(4,5)6/h8-15,26H,7H2,1-6H3,(H,29,30). The maximum absolute atomic E-state index is 13.6. The maximum atomic E-state index is 13.6. The molecular weight excluding hydrogens is 440 g/mol. The molecule has 1 atom stereocenters. The lowest BCUT2D eigenvalue weighted by molar-refractivity contribution is -0.145. The van der Waals surface area contributed by atoms with Crippen molar-refractivity contribution in [3.63, 3.8) is 0 Å². The molecule has 1 unspecified atom stereocenters. The highest BCUT2D eigenvalue weighted by Crippen LogP contribution is 2.41. The minimum atomic E-state index is -4.24. The van der Waals surface area contributed by atoms with Gasteiger partial charge in [0.15, 0.2) is 5.54 Å². The lowest BCUT2D eigenvalue weighted by Gasteiger charge is -2.34. The van der Waals surface area contributed by atoms with Crippen LogP contribution in [0.25, 0.3) is 4.91 Å². The van der Waals surface area contributed by atoms with Crippen LogP contribution in [0.3, 0.4) is 0 Å². The Morgan fingerprint density at radius 2 is 1.55 bits per heavy atom. The van der Waals surface area contributed by atoms with E-state index in [-0.39, 0.29) is 17.0 Å². The van der Waals surface area contributed by atoms with Gasteiger partial charge in [-0.2, -0.15) is 0 Å². The van der Waals surface area contributed by atoms with E-state index in [1.54, 1.807) is 84.0 Å². The molecule has 0 saturated heterocycles. The van der Waals surface area contributed by atoms with Crippen molar-refractivity contribution in [2.45, 2.75) is 59.0 Å². The predicted octanol–water partition coefficient (Wildman–Crippen LogP) is 3.92. The van der Waals surface area contributed by atoms with Crippen molar-refractivity contribution in [3.8, 4) is 0 Å². The Kier molecular flexibility index (Phi) is 6.19. The molecular formula is C25H30N2O5S. The van der Waals surface area contributed by atoms with Gasteiger partial charge in [-0.3, -0.25) is 4.79 Å². The molecule has 1 amide bonds. The van der Waals surface area contributed by atoms with E-state index >= 15 is 0 Å². The zero-order valence-corrected chi connectivity index (χ0v) is 20.6. The molecule has 176 valence electrons. The van der Waals surface area contributed by atoms with E-state index in [2.05, 4.69) is 5.32 Å². The Hall–Kier alpha value is -3.13. The van der Waals surface area contributed by atoms with Crippen LogP contribution in [0.15, 0.2) is 54.2 Å². The molecule has 33 heavy (non-hydrogen) atoms. The van der Waals surface area contributed by atoms with Gasteiger partial charge >= 0.3 is 5.97 Å². The minimum Gasteiger partial charge on any atom is -0.479 e. The van der Waals surface area contributed by atoms with Crippen LogP contribution in [0.1, 0.15) is 56.4 Å². The van der Waals surface area contributed by atoms with E-state index in [0.29, 0.717) is 11.1 Å². The molecule has 2 N–H and O–H groups in total. The van der Waals surface area contributed by atoms with Gasteiger partial charge in [0, 0.05) is 0 Å². The first kappa shape index (κ1) is 24.5. The topological polar surface area (TPSA) is 104 Å². The van der Waals surface area contributed by atoms with Crippen LogP contribution < -0.4 is 5.32 Å². The number of benzene rings is 2. The number of carboxylic acid groups (broad SMARTS) is 1. The highest BCUT2D eigenvalue weighted by molar-refractivity contribution is 7.99. The van der Waals surface area contributed by atoms with Gasteiger partial charge in [-0.1, -0.05) is 55.5 Å². The third kappa shape index (κ3) is 3.93. The quantitative estimate of drug-likeness (QED) is 0.663. The summed E-state index contributed by atoms with van der Waals surface area (Å²) in [5.41, 5.74) is -0.691. The van der Waals surface area contributed by atoms with Gasteiger partial charge < -0.3 is 10.4 Å². The number of carbonyl (C=O) groups is 2. The number of amides is 1. The first-order chi connectivity index (χ1) is 15.3. The van der Waals surface area contributed by atoms with Crippen molar-refractivity contribution in [1.82, 2.24) is 9.62 Å². The summed E-state index contributed by atoms with van der Waals surface area (Å²) in [5, 5.41) is 13.4. The average molecular weight is 471 g/mol. The Morgan fingerprint density at radius 1 is 1.00 bits per heavy atom. The maximum Gasteiger partial charge on any atom is 0.334 e. The predicted molar refractivity (Wildman–Crippen MR) is 128 cm³/mol. The van der Waals surface area contributed by atoms with Crippen LogP contribution in [0.2, 0.25) is 0 Å². The lowest BCUT2D eigenvalue weighted by Crippen LogP contribution is -2.52. The molecule has 0 saturated carbocycles. The van der Waals surface area contributed by atoms with E-state index < -0.39 is 33.0 Å². The monoisotopic (exact) mass is 470 g/mol. The molecule has 0 fully saturated rings. The second-order valence-corrected chi connectivity index (χ2v) is 11.0. The van der Waals surface area contributed by atoms with Gasteiger partial charge in [0.25, 0.3) is 15.9 Å². The number of rotatable bonds is 6. The number of aliphatic carboxylic acids is 1. The number of carbonyl (C=O) groups excluding carboxylic acids is 1. The molecule has 0 aliphatic carbocycles. The zero-order valence-electron chi connectivity index (χ0n) is 19.8. The Balaban J connectivity index is 2.37. The fourth-order valence-corrected chi connectivity index (χ4v) is 6.57. The van der Waals surface area contributed by atoms with Crippen LogP contribution in [-0.4, -0.2) is 35.2 Å². The van der Waals surface area contributed by atoms with Crippen molar-refractivity contribution >= 4 is 26.8 Å². The van der Waals surface area contributed by atoms with E-state index in [1.165, 1.54) is 0 Å². The fourth-order valence-electron chi connectivity index (χ4n) is 4.53. The summed E-state index contributed by atoms with van der Waals surface area (Å²) >= 11 is 0. The van der Waals surface area contributed by atoms with Gasteiger partial charge in [0.2, 0.25) is 0 Å². The SMILES string of the molecule is CCC(NC1=C(c2ccccc2)S(=O)(=O)N(C(C)(C)C)C1=O)(C(=O)O)c1c(C)cccc1C. The molecule has 8 heteroatoms. The van der Waals surface area contributed by atoms with Crippen LogP contribution in [0, 0.1) is 13.8 Å². The molecule has 0 radical (unpaired) electrons. The second-order valence-electron chi connectivity index (χ2n) is 9.27. The van der Waals surface area contributed by atoms with Crippen molar-refractivity contribution < 1.29 is 23.1 Å². The van der Waals surface area contributed by atoms with Crippen LogP contribution in [0.5, 0.6) is 0 Å². The van der Waals surface area contributed by atoms with Gasteiger partial charge in [0.05, 0.1) is 5.54 Å². The van der Waals surface area contributed by atoms with E-state index in [1.807, 2.05) is 6.07 Å². The molecule has 7 nitrogen and oxygen atoms in total. The highest BCUT2D eigenvalue weighted by Gasteiger charge is 2.52. The lowest BCUT2D eigenvalue weighted by atomic mass is 9.81. The molecule has 3 rings (SSSR count). The van der Waals surface area contributed by atoms with Gasteiger partial charge in [-0.25, -0.2) is 17.5 Å². The summed E-state index contributed by atoms with van der Waals surface area (Å²) < 4.78 is 28.1. The third-order valence-electron chi connectivity index (χ3n) is 5.91. The van der Waals surface area contributed by atoms with Crippen LogP contribution in [0.4, 0.5) is 0 Å². The molecule has 0 bridgehead atoms. The van der Waals surface area contributed by atoms with E-state index in [4.69, 9.17) is 0 Å².